The Balaban J connectivity index is 2.29. The molecular formula is C18H27NO. The Bertz CT molecular complexity index is 460. The van der Waals surface area contributed by atoms with Gasteiger partial charge >= 0.3 is 0 Å². The molecule has 0 bridgehead atoms. The van der Waals surface area contributed by atoms with Gasteiger partial charge in [-0.2, -0.15) is 0 Å². The SMILES string of the molecule is CNC(=O)CC(c1cccc(C)c1C)C1CCCCC1. The van der Waals surface area contributed by atoms with Gasteiger partial charge in [0, 0.05) is 13.5 Å². The Morgan fingerprint density at radius 3 is 2.60 bits per heavy atom. The van der Waals surface area contributed by atoms with Gasteiger partial charge in [0.2, 0.25) is 5.91 Å². The normalized spacial score (nSPS) is 17.8. The molecule has 2 heteroatoms. The van der Waals surface area contributed by atoms with Crippen molar-refractivity contribution in [2.75, 3.05) is 7.05 Å². The lowest BCUT2D eigenvalue weighted by atomic mass is 9.74. The zero-order valence-corrected chi connectivity index (χ0v) is 13.0. The second-order valence-electron chi connectivity index (χ2n) is 6.17. The molecule has 2 nitrogen and oxygen atoms in total. The molecule has 20 heavy (non-hydrogen) atoms. The molecule has 1 N–H and O–H groups in total. The van der Waals surface area contributed by atoms with Gasteiger partial charge in [0.1, 0.15) is 0 Å². The average molecular weight is 273 g/mol. The van der Waals surface area contributed by atoms with Gasteiger partial charge in [-0.1, -0.05) is 37.5 Å². The molecule has 0 aromatic heterocycles. The van der Waals surface area contributed by atoms with E-state index in [9.17, 15) is 4.79 Å². The van der Waals surface area contributed by atoms with E-state index in [1.165, 1.54) is 48.8 Å². The van der Waals surface area contributed by atoms with Crippen LogP contribution in [0.4, 0.5) is 0 Å². The van der Waals surface area contributed by atoms with E-state index in [-0.39, 0.29) is 5.91 Å². The van der Waals surface area contributed by atoms with Crippen LogP contribution in [-0.2, 0) is 4.79 Å². The Morgan fingerprint density at radius 2 is 1.95 bits per heavy atom. The molecule has 1 aliphatic carbocycles. The Hall–Kier alpha value is -1.31. The standard InChI is InChI=1S/C18H27NO/c1-13-8-7-11-16(14(13)2)17(12-18(20)19-3)15-9-5-4-6-10-15/h7-8,11,15,17H,4-6,9-10,12H2,1-3H3,(H,19,20). The van der Waals surface area contributed by atoms with Crippen molar-refractivity contribution >= 4 is 5.91 Å². The summed E-state index contributed by atoms with van der Waals surface area (Å²) >= 11 is 0. The number of aryl methyl sites for hydroxylation is 1. The van der Waals surface area contributed by atoms with Crippen LogP contribution in [0.5, 0.6) is 0 Å². The number of hydrogen-bond donors (Lipinski definition) is 1. The van der Waals surface area contributed by atoms with Gasteiger partial charge in [-0.3, -0.25) is 4.79 Å². The fraction of sp³-hybridized carbons (Fsp3) is 0.611. The minimum atomic E-state index is 0.168. The van der Waals surface area contributed by atoms with E-state index in [0.717, 1.165) is 0 Å². The van der Waals surface area contributed by atoms with Gasteiger partial charge in [0.25, 0.3) is 0 Å². The highest BCUT2D eigenvalue weighted by atomic mass is 16.1. The summed E-state index contributed by atoms with van der Waals surface area (Å²) in [5, 5.41) is 2.80. The molecule has 0 aliphatic heterocycles. The maximum Gasteiger partial charge on any atom is 0.220 e. The van der Waals surface area contributed by atoms with Crippen LogP contribution in [0.1, 0.15) is 61.1 Å². The second-order valence-corrected chi connectivity index (χ2v) is 6.17. The van der Waals surface area contributed by atoms with Crippen molar-refractivity contribution in [3.63, 3.8) is 0 Å². The molecule has 0 radical (unpaired) electrons. The third-order valence-corrected chi connectivity index (χ3v) is 4.95. The van der Waals surface area contributed by atoms with Crippen LogP contribution in [0.25, 0.3) is 0 Å². The van der Waals surface area contributed by atoms with Gasteiger partial charge in [0.15, 0.2) is 0 Å². The predicted molar refractivity (Wildman–Crippen MR) is 83.9 cm³/mol. The van der Waals surface area contributed by atoms with Crippen molar-refractivity contribution in [3.05, 3.63) is 34.9 Å². The van der Waals surface area contributed by atoms with Crippen LogP contribution in [0.15, 0.2) is 18.2 Å². The fourth-order valence-corrected chi connectivity index (χ4v) is 3.54. The first-order chi connectivity index (χ1) is 9.63. The summed E-state index contributed by atoms with van der Waals surface area (Å²) < 4.78 is 0. The summed E-state index contributed by atoms with van der Waals surface area (Å²) in [4.78, 5) is 11.9. The number of carbonyl (C=O) groups excluding carboxylic acids is 1. The van der Waals surface area contributed by atoms with E-state index in [1.807, 2.05) is 0 Å². The number of benzene rings is 1. The lowest BCUT2D eigenvalue weighted by molar-refractivity contribution is -0.121. The minimum absolute atomic E-state index is 0.168. The van der Waals surface area contributed by atoms with Gasteiger partial charge < -0.3 is 5.32 Å². The molecule has 0 spiro atoms. The highest BCUT2D eigenvalue weighted by molar-refractivity contribution is 5.76. The number of carbonyl (C=O) groups is 1. The summed E-state index contributed by atoms with van der Waals surface area (Å²) in [7, 11) is 1.74. The van der Waals surface area contributed by atoms with E-state index in [0.29, 0.717) is 18.3 Å². The van der Waals surface area contributed by atoms with Crippen LogP contribution < -0.4 is 5.32 Å². The molecule has 0 heterocycles. The molecule has 0 saturated heterocycles. The summed E-state index contributed by atoms with van der Waals surface area (Å²) in [6.45, 7) is 4.36. The summed E-state index contributed by atoms with van der Waals surface area (Å²) in [5.74, 6) is 1.22. The molecule has 1 aromatic carbocycles. The number of hydrogen-bond acceptors (Lipinski definition) is 1. The molecular weight excluding hydrogens is 246 g/mol. The Labute approximate surface area is 123 Å². The summed E-state index contributed by atoms with van der Waals surface area (Å²) in [6.07, 6.45) is 7.17. The molecule has 1 saturated carbocycles. The second kappa shape index (κ2) is 6.92. The smallest absolute Gasteiger partial charge is 0.220 e. The van der Waals surface area contributed by atoms with E-state index >= 15 is 0 Å². The van der Waals surface area contributed by atoms with Crippen molar-refractivity contribution in [3.8, 4) is 0 Å². The zero-order valence-electron chi connectivity index (χ0n) is 13.0. The largest absolute Gasteiger partial charge is 0.359 e. The highest BCUT2D eigenvalue weighted by Crippen LogP contribution is 2.39. The zero-order chi connectivity index (χ0) is 14.5. The van der Waals surface area contributed by atoms with Gasteiger partial charge in [0.05, 0.1) is 0 Å². The first kappa shape index (κ1) is 15.1. The van der Waals surface area contributed by atoms with E-state index < -0.39 is 0 Å². The number of amides is 1. The molecule has 2 rings (SSSR count). The fourth-order valence-electron chi connectivity index (χ4n) is 3.54. The summed E-state index contributed by atoms with van der Waals surface area (Å²) in [5.41, 5.74) is 4.09. The monoisotopic (exact) mass is 273 g/mol. The maximum absolute atomic E-state index is 11.9. The molecule has 110 valence electrons. The first-order valence-corrected chi connectivity index (χ1v) is 7.90. The highest BCUT2D eigenvalue weighted by Gasteiger charge is 2.28. The Morgan fingerprint density at radius 1 is 1.25 bits per heavy atom. The Kier molecular flexibility index (Phi) is 5.22. The van der Waals surface area contributed by atoms with Gasteiger partial charge in [-0.25, -0.2) is 0 Å². The van der Waals surface area contributed by atoms with Crippen LogP contribution in [-0.4, -0.2) is 13.0 Å². The molecule has 1 aliphatic rings. The van der Waals surface area contributed by atoms with Crippen LogP contribution in [0.2, 0.25) is 0 Å². The molecule has 1 atom stereocenters. The van der Waals surface area contributed by atoms with E-state index in [1.54, 1.807) is 7.05 Å². The van der Waals surface area contributed by atoms with Crippen molar-refractivity contribution in [2.24, 2.45) is 5.92 Å². The lowest BCUT2D eigenvalue weighted by Gasteiger charge is -2.31. The number of nitrogens with one attached hydrogen (secondary N) is 1. The lowest BCUT2D eigenvalue weighted by Crippen LogP contribution is -2.26. The number of rotatable bonds is 4. The van der Waals surface area contributed by atoms with Crippen LogP contribution in [0, 0.1) is 19.8 Å². The molecule has 1 fully saturated rings. The molecule has 1 unspecified atom stereocenters. The third-order valence-electron chi connectivity index (χ3n) is 4.95. The van der Waals surface area contributed by atoms with Crippen LogP contribution >= 0.6 is 0 Å². The van der Waals surface area contributed by atoms with Crippen molar-refractivity contribution < 1.29 is 4.79 Å². The topological polar surface area (TPSA) is 29.1 Å². The van der Waals surface area contributed by atoms with Crippen molar-refractivity contribution in [2.45, 2.75) is 58.3 Å². The van der Waals surface area contributed by atoms with Crippen molar-refractivity contribution in [1.82, 2.24) is 5.32 Å². The minimum Gasteiger partial charge on any atom is -0.359 e. The quantitative estimate of drug-likeness (QED) is 0.879. The summed E-state index contributed by atoms with van der Waals surface area (Å²) in [6, 6.07) is 6.53. The van der Waals surface area contributed by atoms with Crippen molar-refractivity contribution in [1.29, 1.82) is 0 Å². The maximum atomic E-state index is 11.9. The van der Waals surface area contributed by atoms with Gasteiger partial charge in [-0.15, -0.1) is 0 Å². The average Bonchev–Trinajstić information content (AvgIpc) is 2.48. The molecule has 1 amide bonds. The predicted octanol–water partition coefficient (Wildman–Crippen LogP) is 4.10. The first-order valence-electron chi connectivity index (χ1n) is 7.90. The van der Waals surface area contributed by atoms with E-state index in [2.05, 4.69) is 37.4 Å². The molecule has 1 aromatic rings. The third kappa shape index (κ3) is 3.41. The van der Waals surface area contributed by atoms with Gasteiger partial charge in [-0.05, 0) is 55.2 Å². The van der Waals surface area contributed by atoms with E-state index in [4.69, 9.17) is 0 Å². The van der Waals surface area contributed by atoms with Crippen LogP contribution in [0.3, 0.4) is 0 Å².